The van der Waals surface area contributed by atoms with Gasteiger partial charge in [-0.2, -0.15) is 0 Å². The molecular weight excluding hydrogens is 206 g/mol. The van der Waals surface area contributed by atoms with Crippen molar-refractivity contribution in [2.24, 2.45) is 0 Å². The van der Waals surface area contributed by atoms with E-state index in [1.807, 2.05) is 6.92 Å². The number of anilines is 1. The van der Waals surface area contributed by atoms with Crippen LogP contribution in [0.25, 0.3) is 11.2 Å². The summed E-state index contributed by atoms with van der Waals surface area (Å²) in [5.74, 6) is 0.663. The predicted molar refractivity (Wildman–Crippen MR) is 61.1 cm³/mol. The van der Waals surface area contributed by atoms with Gasteiger partial charge in [0.15, 0.2) is 11.5 Å². The highest BCUT2D eigenvalue weighted by atomic mass is 16.3. The summed E-state index contributed by atoms with van der Waals surface area (Å²) in [6, 6.07) is 0. The van der Waals surface area contributed by atoms with E-state index in [1.165, 1.54) is 6.33 Å². The Morgan fingerprint density at radius 2 is 2.25 bits per heavy atom. The van der Waals surface area contributed by atoms with Crippen molar-refractivity contribution in [1.82, 2.24) is 19.9 Å². The van der Waals surface area contributed by atoms with Gasteiger partial charge in [0.2, 0.25) is 0 Å². The summed E-state index contributed by atoms with van der Waals surface area (Å²) in [5.41, 5.74) is 0.639. The predicted octanol–water partition coefficient (Wildman–Crippen LogP) is 0.926. The van der Waals surface area contributed by atoms with Gasteiger partial charge < -0.3 is 15.4 Å². The van der Waals surface area contributed by atoms with Gasteiger partial charge in [-0.05, 0) is 13.3 Å². The monoisotopic (exact) mass is 221 g/mol. The Bertz CT molecular complexity index is 479. The molecule has 1 atom stereocenters. The first-order chi connectivity index (χ1) is 7.62. The minimum atomic E-state index is -0.739. The summed E-state index contributed by atoms with van der Waals surface area (Å²) in [7, 11) is 0. The van der Waals surface area contributed by atoms with E-state index >= 15 is 0 Å². The van der Waals surface area contributed by atoms with E-state index in [2.05, 4.69) is 25.3 Å². The molecule has 2 rings (SSSR count). The largest absolute Gasteiger partial charge is 0.388 e. The topological polar surface area (TPSA) is 86.7 Å². The van der Waals surface area contributed by atoms with Gasteiger partial charge in [-0.15, -0.1) is 0 Å². The minimum Gasteiger partial charge on any atom is -0.388 e. The first-order valence-electron chi connectivity index (χ1n) is 5.23. The third-order valence-electron chi connectivity index (χ3n) is 2.62. The molecular formula is C10H15N5O. The first-order valence-corrected chi connectivity index (χ1v) is 5.23. The molecule has 0 saturated heterocycles. The van der Waals surface area contributed by atoms with Crippen molar-refractivity contribution < 1.29 is 5.11 Å². The van der Waals surface area contributed by atoms with Crippen LogP contribution in [0, 0.1) is 0 Å². The molecule has 0 spiro atoms. The fraction of sp³-hybridized carbons (Fsp3) is 0.500. The number of fused-ring (bicyclic) bond motifs is 1. The van der Waals surface area contributed by atoms with Crippen molar-refractivity contribution in [3.8, 4) is 0 Å². The van der Waals surface area contributed by atoms with Crippen LogP contribution in [0.5, 0.6) is 0 Å². The number of rotatable bonds is 4. The standard InChI is InChI=1S/C10H15N5O/c1-3-10(2,16)4-11-8-7-9(13-5-12-7)15-6-14-8/h5-6,16H,3-4H2,1-2H3,(H2,11,12,13,14,15). The Hall–Kier alpha value is -1.69. The average Bonchev–Trinajstić information content (AvgIpc) is 2.75. The fourth-order valence-electron chi connectivity index (χ4n) is 1.30. The highest BCUT2D eigenvalue weighted by molar-refractivity contribution is 5.81. The lowest BCUT2D eigenvalue weighted by Crippen LogP contribution is -2.32. The van der Waals surface area contributed by atoms with E-state index in [0.717, 1.165) is 5.52 Å². The average molecular weight is 221 g/mol. The molecule has 16 heavy (non-hydrogen) atoms. The molecule has 0 radical (unpaired) electrons. The van der Waals surface area contributed by atoms with Gasteiger partial charge in [0, 0.05) is 6.54 Å². The van der Waals surface area contributed by atoms with Crippen LogP contribution in [0.2, 0.25) is 0 Å². The Morgan fingerprint density at radius 3 is 3.00 bits per heavy atom. The number of imidazole rings is 1. The van der Waals surface area contributed by atoms with Crippen LogP contribution in [0.4, 0.5) is 5.82 Å². The smallest absolute Gasteiger partial charge is 0.182 e. The molecule has 0 amide bonds. The summed E-state index contributed by atoms with van der Waals surface area (Å²) >= 11 is 0. The maximum absolute atomic E-state index is 9.88. The molecule has 6 nitrogen and oxygen atoms in total. The molecule has 2 heterocycles. The maximum Gasteiger partial charge on any atom is 0.182 e. The molecule has 0 bridgehead atoms. The van der Waals surface area contributed by atoms with E-state index in [4.69, 9.17) is 0 Å². The second-order valence-electron chi connectivity index (χ2n) is 4.03. The van der Waals surface area contributed by atoms with E-state index in [9.17, 15) is 5.11 Å². The van der Waals surface area contributed by atoms with Crippen molar-refractivity contribution in [2.75, 3.05) is 11.9 Å². The quantitative estimate of drug-likeness (QED) is 0.714. The van der Waals surface area contributed by atoms with Crippen molar-refractivity contribution in [3.05, 3.63) is 12.7 Å². The Kier molecular flexibility index (Phi) is 2.74. The van der Waals surface area contributed by atoms with Gasteiger partial charge in [-0.25, -0.2) is 15.0 Å². The molecule has 1 unspecified atom stereocenters. The first kappa shape index (κ1) is 10.8. The van der Waals surface area contributed by atoms with Crippen LogP contribution >= 0.6 is 0 Å². The van der Waals surface area contributed by atoms with Crippen molar-refractivity contribution in [3.63, 3.8) is 0 Å². The lowest BCUT2D eigenvalue weighted by molar-refractivity contribution is 0.0697. The fourth-order valence-corrected chi connectivity index (χ4v) is 1.30. The SMILES string of the molecule is CCC(C)(O)CNc1ncnc2nc[nH]c12. The number of hydrogen-bond acceptors (Lipinski definition) is 5. The van der Waals surface area contributed by atoms with Gasteiger partial charge in [0.1, 0.15) is 11.8 Å². The highest BCUT2D eigenvalue weighted by Gasteiger charge is 2.18. The molecule has 6 heteroatoms. The normalized spacial score (nSPS) is 14.9. The van der Waals surface area contributed by atoms with Crippen molar-refractivity contribution in [2.45, 2.75) is 25.9 Å². The number of aromatic nitrogens is 4. The molecule has 0 aliphatic heterocycles. The summed E-state index contributed by atoms with van der Waals surface area (Å²) in [5, 5.41) is 13.0. The molecule has 0 aliphatic carbocycles. The third kappa shape index (κ3) is 2.11. The van der Waals surface area contributed by atoms with Crippen molar-refractivity contribution in [1.29, 1.82) is 0 Å². The van der Waals surface area contributed by atoms with E-state index in [0.29, 0.717) is 24.4 Å². The van der Waals surface area contributed by atoms with Crippen LogP contribution in [-0.2, 0) is 0 Å². The van der Waals surface area contributed by atoms with E-state index < -0.39 is 5.60 Å². The van der Waals surface area contributed by atoms with Crippen LogP contribution < -0.4 is 5.32 Å². The summed E-state index contributed by atoms with van der Waals surface area (Å²) < 4.78 is 0. The third-order valence-corrected chi connectivity index (χ3v) is 2.62. The molecule has 2 aromatic heterocycles. The van der Waals surface area contributed by atoms with Gasteiger partial charge >= 0.3 is 0 Å². The van der Waals surface area contributed by atoms with Gasteiger partial charge in [0.05, 0.1) is 11.9 Å². The molecule has 2 aromatic rings. The zero-order valence-corrected chi connectivity index (χ0v) is 9.36. The maximum atomic E-state index is 9.88. The molecule has 0 fully saturated rings. The van der Waals surface area contributed by atoms with Gasteiger partial charge in [-0.1, -0.05) is 6.92 Å². The molecule has 0 aliphatic rings. The number of H-pyrrole nitrogens is 1. The molecule has 3 N–H and O–H groups in total. The van der Waals surface area contributed by atoms with Crippen LogP contribution in [0.3, 0.4) is 0 Å². The van der Waals surface area contributed by atoms with Gasteiger partial charge in [-0.3, -0.25) is 0 Å². The molecule has 86 valence electrons. The van der Waals surface area contributed by atoms with E-state index in [-0.39, 0.29) is 0 Å². The second kappa shape index (κ2) is 4.05. The Balaban J connectivity index is 2.18. The Morgan fingerprint density at radius 1 is 1.44 bits per heavy atom. The summed E-state index contributed by atoms with van der Waals surface area (Å²) in [6.07, 6.45) is 3.70. The lowest BCUT2D eigenvalue weighted by atomic mass is 10.0. The number of hydrogen-bond donors (Lipinski definition) is 3. The van der Waals surface area contributed by atoms with Crippen LogP contribution in [0.1, 0.15) is 20.3 Å². The van der Waals surface area contributed by atoms with E-state index in [1.54, 1.807) is 13.3 Å². The minimum absolute atomic E-state index is 0.439. The zero-order chi connectivity index (χ0) is 11.6. The number of aliphatic hydroxyl groups is 1. The lowest BCUT2D eigenvalue weighted by Gasteiger charge is -2.21. The zero-order valence-electron chi connectivity index (χ0n) is 9.36. The van der Waals surface area contributed by atoms with Gasteiger partial charge in [0.25, 0.3) is 0 Å². The van der Waals surface area contributed by atoms with Crippen LogP contribution in [-0.4, -0.2) is 37.2 Å². The number of nitrogens with one attached hydrogen (secondary N) is 2. The molecule has 0 aromatic carbocycles. The number of nitrogens with zero attached hydrogens (tertiary/aromatic N) is 3. The summed E-state index contributed by atoms with van der Waals surface area (Å²) in [4.78, 5) is 15.1. The molecule has 0 saturated carbocycles. The number of aromatic amines is 1. The Labute approximate surface area is 93.1 Å². The summed E-state index contributed by atoms with van der Waals surface area (Å²) in [6.45, 7) is 4.16. The second-order valence-corrected chi connectivity index (χ2v) is 4.03. The van der Waals surface area contributed by atoms with Crippen LogP contribution in [0.15, 0.2) is 12.7 Å². The highest BCUT2D eigenvalue weighted by Crippen LogP contribution is 2.16. The van der Waals surface area contributed by atoms with Crippen molar-refractivity contribution >= 4 is 17.0 Å².